The second-order valence-corrected chi connectivity index (χ2v) is 4.51. The Morgan fingerprint density at radius 2 is 2.31 bits per heavy atom. The number of likely N-dealkylation sites (N-methyl/N-ethyl adjacent to an activating group) is 1. The molecule has 1 fully saturated rings. The average molecular weight is 241 g/mol. The summed E-state index contributed by atoms with van der Waals surface area (Å²) in [6.07, 6.45) is 1.16. The summed E-state index contributed by atoms with van der Waals surface area (Å²) >= 11 is 6.03. The minimum absolute atomic E-state index is 0.521. The Morgan fingerprint density at radius 1 is 1.50 bits per heavy atom. The predicted molar refractivity (Wildman–Crippen MR) is 67.7 cm³/mol. The van der Waals surface area contributed by atoms with Crippen molar-refractivity contribution in [1.29, 1.82) is 0 Å². The molecule has 16 heavy (non-hydrogen) atoms. The largest absolute Gasteiger partial charge is 0.495 e. The summed E-state index contributed by atoms with van der Waals surface area (Å²) in [7, 11) is 3.78. The summed E-state index contributed by atoms with van der Waals surface area (Å²) in [6, 6.07) is 6.24. The minimum atomic E-state index is 0.521. The van der Waals surface area contributed by atoms with Crippen LogP contribution in [0.4, 0.5) is 5.69 Å². The summed E-state index contributed by atoms with van der Waals surface area (Å²) in [6.45, 7) is 2.10. The SMILES string of the molecule is COc1ccc(Cl)cc1N(C)C1CCNC1. The molecule has 0 aromatic heterocycles. The predicted octanol–water partition coefficient (Wildman–Crippen LogP) is 2.15. The zero-order valence-corrected chi connectivity index (χ0v) is 10.4. The van der Waals surface area contributed by atoms with E-state index in [9.17, 15) is 0 Å². The zero-order valence-electron chi connectivity index (χ0n) is 9.66. The number of hydrogen-bond acceptors (Lipinski definition) is 3. The Hall–Kier alpha value is -0.930. The molecule has 1 aliphatic heterocycles. The summed E-state index contributed by atoms with van der Waals surface area (Å²) in [4.78, 5) is 2.24. The molecule has 1 aliphatic rings. The van der Waals surface area contributed by atoms with Crippen molar-refractivity contribution >= 4 is 17.3 Å². The van der Waals surface area contributed by atoms with E-state index in [-0.39, 0.29) is 0 Å². The van der Waals surface area contributed by atoms with E-state index >= 15 is 0 Å². The fraction of sp³-hybridized carbons (Fsp3) is 0.500. The summed E-state index contributed by atoms with van der Waals surface area (Å²) in [5.74, 6) is 0.874. The van der Waals surface area contributed by atoms with Crippen LogP contribution in [-0.4, -0.2) is 33.3 Å². The average Bonchev–Trinajstić information content (AvgIpc) is 2.81. The number of rotatable bonds is 3. The molecule has 1 saturated heterocycles. The molecule has 1 atom stereocenters. The molecular formula is C12H17ClN2O. The Balaban J connectivity index is 2.26. The third kappa shape index (κ3) is 2.25. The van der Waals surface area contributed by atoms with Gasteiger partial charge in [-0.15, -0.1) is 0 Å². The molecule has 0 aliphatic carbocycles. The van der Waals surface area contributed by atoms with Crippen LogP contribution in [0, 0.1) is 0 Å². The van der Waals surface area contributed by atoms with E-state index in [0.717, 1.165) is 36.0 Å². The molecule has 0 bridgehead atoms. The third-order valence-electron chi connectivity index (χ3n) is 3.10. The van der Waals surface area contributed by atoms with Gasteiger partial charge in [0.2, 0.25) is 0 Å². The van der Waals surface area contributed by atoms with Gasteiger partial charge in [0.25, 0.3) is 0 Å². The first kappa shape index (κ1) is 11.6. The zero-order chi connectivity index (χ0) is 11.5. The summed E-state index contributed by atoms with van der Waals surface area (Å²) in [5.41, 5.74) is 1.06. The van der Waals surface area contributed by atoms with Crippen molar-refractivity contribution in [3.05, 3.63) is 23.2 Å². The van der Waals surface area contributed by atoms with Crippen LogP contribution < -0.4 is 15.0 Å². The molecule has 4 heteroatoms. The first-order valence-corrected chi connectivity index (χ1v) is 5.87. The molecule has 3 nitrogen and oxygen atoms in total. The Kier molecular flexibility index (Phi) is 3.56. The van der Waals surface area contributed by atoms with Crippen molar-refractivity contribution in [3.63, 3.8) is 0 Å². The van der Waals surface area contributed by atoms with Crippen LogP contribution in [0.15, 0.2) is 18.2 Å². The van der Waals surface area contributed by atoms with Gasteiger partial charge >= 0.3 is 0 Å². The highest BCUT2D eigenvalue weighted by Gasteiger charge is 2.21. The van der Waals surface area contributed by atoms with E-state index in [2.05, 4.69) is 17.3 Å². The molecule has 1 aromatic carbocycles. The Bertz CT molecular complexity index is 364. The Labute approximate surface area is 101 Å². The van der Waals surface area contributed by atoms with Gasteiger partial charge in [-0.05, 0) is 31.2 Å². The molecule has 1 heterocycles. The molecular weight excluding hydrogens is 224 g/mol. The highest BCUT2D eigenvalue weighted by molar-refractivity contribution is 6.30. The van der Waals surface area contributed by atoms with Gasteiger partial charge in [-0.3, -0.25) is 0 Å². The fourth-order valence-corrected chi connectivity index (χ4v) is 2.27. The first-order valence-electron chi connectivity index (χ1n) is 5.49. The minimum Gasteiger partial charge on any atom is -0.495 e. The van der Waals surface area contributed by atoms with Crippen molar-refractivity contribution in [2.24, 2.45) is 0 Å². The number of nitrogens with one attached hydrogen (secondary N) is 1. The topological polar surface area (TPSA) is 24.5 Å². The van der Waals surface area contributed by atoms with E-state index in [1.165, 1.54) is 0 Å². The smallest absolute Gasteiger partial charge is 0.142 e. The van der Waals surface area contributed by atoms with E-state index in [1.807, 2.05) is 18.2 Å². The molecule has 0 saturated carbocycles. The summed E-state index contributed by atoms with van der Waals surface area (Å²) in [5, 5.41) is 4.10. The van der Waals surface area contributed by atoms with E-state index in [0.29, 0.717) is 6.04 Å². The molecule has 0 amide bonds. The molecule has 1 aromatic rings. The van der Waals surface area contributed by atoms with Gasteiger partial charge in [-0.25, -0.2) is 0 Å². The number of nitrogens with zero attached hydrogens (tertiary/aromatic N) is 1. The number of halogens is 1. The maximum absolute atomic E-state index is 6.03. The van der Waals surface area contributed by atoms with Gasteiger partial charge in [0.05, 0.1) is 12.8 Å². The monoisotopic (exact) mass is 240 g/mol. The number of anilines is 1. The molecule has 0 radical (unpaired) electrons. The normalized spacial score (nSPS) is 19.8. The lowest BCUT2D eigenvalue weighted by molar-refractivity contribution is 0.413. The van der Waals surface area contributed by atoms with Crippen LogP contribution in [0.5, 0.6) is 5.75 Å². The number of hydrogen-bond donors (Lipinski definition) is 1. The van der Waals surface area contributed by atoms with Gasteiger partial charge < -0.3 is 15.0 Å². The van der Waals surface area contributed by atoms with Crippen LogP contribution in [0.3, 0.4) is 0 Å². The van der Waals surface area contributed by atoms with Crippen molar-refractivity contribution in [2.75, 3.05) is 32.1 Å². The van der Waals surface area contributed by atoms with Crippen molar-refractivity contribution in [3.8, 4) is 5.75 Å². The second-order valence-electron chi connectivity index (χ2n) is 4.07. The molecule has 88 valence electrons. The van der Waals surface area contributed by atoms with Gasteiger partial charge in [0, 0.05) is 24.7 Å². The number of methoxy groups -OCH3 is 1. The van der Waals surface area contributed by atoms with Crippen LogP contribution in [0.1, 0.15) is 6.42 Å². The van der Waals surface area contributed by atoms with Crippen molar-refractivity contribution < 1.29 is 4.74 Å². The summed E-state index contributed by atoms with van der Waals surface area (Å²) < 4.78 is 5.36. The third-order valence-corrected chi connectivity index (χ3v) is 3.34. The standard InChI is InChI=1S/C12H17ClN2O/c1-15(10-5-6-14-8-10)11-7-9(13)3-4-12(11)16-2/h3-4,7,10,14H,5-6,8H2,1-2H3. The van der Waals surface area contributed by atoms with Crippen LogP contribution >= 0.6 is 11.6 Å². The number of benzene rings is 1. The lowest BCUT2D eigenvalue weighted by atomic mass is 10.2. The Morgan fingerprint density at radius 3 is 2.94 bits per heavy atom. The van der Waals surface area contributed by atoms with Gasteiger partial charge in [-0.2, -0.15) is 0 Å². The van der Waals surface area contributed by atoms with Crippen LogP contribution in [0.2, 0.25) is 5.02 Å². The maximum atomic E-state index is 6.03. The van der Waals surface area contributed by atoms with Gasteiger partial charge in [0.1, 0.15) is 5.75 Å². The van der Waals surface area contributed by atoms with Gasteiger partial charge in [-0.1, -0.05) is 11.6 Å². The lowest BCUT2D eigenvalue weighted by Gasteiger charge is -2.27. The van der Waals surface area contributed by atoms with E-state index < -0.39 is 0 Å². The quantitative estimate of drug-likeness (QED) is 0.876. The molecule has 0 spiro atoms. The van der Waals surface area contributed by atoms with Crippen molar-refractivity contribution in [2.45, 2.75) is 12.5 Å². The van der Waals surface area contributed by atoms with Crippen LogP contribution in [-0.2, 0) is 0 Å². The molecule has 1 unspecified atom stereocenters. The molecule has 2 rings (SSSR count). The highest BCUT2D eigenvalue weighted by Crippen LogP contribution is 2.32. The maximum Gasteiger partial charge on any atom is 0.142 e. The van der Waals surface area contributed by atoms with Gasteiger partial charge in [0.15, 0.2) is 0 Å². The number of ether oxygens (including phenoxy) is 1. The fourth-order valence-electron chi connectivity index (χ4n) is 2.11. The van der Waals surface area contributed by atoms with E-state index in [4.69, 9.17) is 16.3 Å². The highest BCUT2D eigenvalue weighted by atomic mass is 35.5. The second kappa shape index (κ2) is 4.93. The first-order chi connectivity index (χ1) is 7.72. The molecule has 1 N–H and O–H groups in total. The van der Waals surface area contributed by atoms with Crippen molar-refractivity contribution in [1.82, 2.24) is 5.32 Å². The van der Waals surface area contributed by atoms with Crippen LogP contribution in [0.25, 0.3) is 0 Å². The van der Waals surface area contributed by atoms with E-state index in [1.54, 1.807) is 7.11 Å². The lowest BCUT2D eigenvalue weighted by Crippen LogP contribution is -2.33.